The third kappa shape index (κ3) is 1.71. The van der Waals surface area contributed by atoms with Crippen LogP contribution in [0.1, 0.15) is 5.56 Å². The summed E-state index contributed by atoms with van der Waals surface area (Å²) in [5.74, 6) is 0.779. The summed E-state index contributed by atoms with van der Waals surface area (Å²) >= 11 is 0. The molecule has 4 nitrogen and oxygen atoms in total. The summed E-state index contributed by atoms with van der Waals surface area (Å²) in [5.41, 5.74) is 7.61. The number of aromatic nitrogens is 2. The van der Waals surface area contributed by atoms with Crippen molar-refractivity contribution < 1.29 is 4.74 Å². The Kier molecular flexibility index (Phi) is 2.69. The minimum Gasteiger partial charge on any atom is -0.494 e. The Bertz CT molecular complexity index is 415. The fraction of sp³-hybridized carbons (Fsp3) is 0.182. The van der Waals surface area contributed by atoms with Crippen molar-refractivity contribution >= 4 is 0 Å². The van der Waals surface area contributed by atoms with Crippen LogP contribution in [0.25, 0.3) is 5.69 Å². The quantitative estimate of drug-likeness (QED) is 0.819. The highest BCUT2D eigenvalue weighted by atomic mass is 16.5. The number of rotatable bonds is 3. The van der Waals surface area contributed by atoms with Crippen LogP contribution in [0.2, 0.25) is 0 Å². The molecule has 1 heterocycles. The standard InChI is InChI=1S/C11H13N3O/c1-15-10-5-2-4-9(8-12)11(10)14-7-3-6-13-14/h2-7H,8,12H2,1H3. The van der Waals surface area contributed by atoms with E-state index in [0.29, 0.717) is 6.54 Å². The molecule has 2 N–H and O–H groups in total. The topological polar surface area (TPSA) is 53.1 Å². The molecular formula is C11H13N3O. The summed E-state index contributed by atoms with van der Waals surface area (Å²) < 4.78 is 7.06. The first-order valence-electron chi connectivity index (χ1n) is 4.72. The van der Waals surface area contributed by atoms with E-state index in [1.54, 1.807) is 18.0 Å². The second-order valence-corrected chi connectivity index (χ2v) is 3.12. The zero-order chi connectivity index (χ0) is 10.7. The molecule has 0 radical (unpaired) electrons. The van der Waals surface area contributed by atoms with Crippen LogP contribution in [-0.2, 0) is 6.54 Å². The Morgan fingerprint density at radius 3 is 2.87 bits per heavy atom. The molecule has 0 atom stereocenters. The van der Waals surface area contributed by atoms with Crippen molar-refractivity contribution in [3.8, 4) is 11.4 Å². The summed E-state index contributed by atoms with van der Waals surface area (Å²) in [6, 6.07) is 7.66. The zero-order valence-corrected chi connectivity index (χ0v) is 8.55. The molecule has 0 saturated heterocycles. The molecule has 1 aromatic heterocycles. The van der Waals surface area contributed by atoms with Gasteiger partial charge in [-0.05, 0) is 17.7 Å². The van der Waals surface area contributed by atoms with E-state index in [0.717, 1.165) is 17.0 Å². The van der Waals surface area contributed by atoms with E-state index in [1.807, 2.05) is 30.5 Å². The first-order chi connectivity index (χ1) is 7.36. The van der Waals surface area contributed by atoms with Crippen molar-refractivity contribution in [2.24, 2.45) is 5.73 Å². The number of benzene rings is 1. The number of ether oxygens (including phenoxy) is 1. The molecule has 0 amide bonds. The molecule has 0 spiro atoms. The Hall–Kier alpha value is -1.81. The molecule has 0 unspecified atom stereocenters. The van der Waals surface area contributed by atoms with Crippen LogP contribution in [0.15, 0.2) is 36.7 Å². The molecule has 4 heteroatoms. The molecule has 0 bridgehead atoms. The lowest BCUT2D eigenvalue weighted by Gasteiger charge is -2.12. The van der Waals surface area contributed by atoms with Crippen molar-refractivity contribution in [1.29, 1.82) is 0 Å². The number of nitrogens with two attached hydrogens (primary N) is 1. The van der Waals surface area contributed by atoms with Crippen LogP contribution in [0.5, 0.6) is 5.75 Å². The smallest absolute Gasteiger partial charge is 0.144 e. The maximum atomic E-state index is 5.68. The Labute approximate surface area is 88.3 Å². The summed E-state index contributed by atoms with van der Waals surface area (Å²) in [5, 5.41) is 4.18. The van der Waals surface area contributed by atoms with Gasteiger partial charge in [0.2, 0.25) is 0 Å². The normalized spacial score (nSPS) is 10.3. The van der Waals surface area contributed by atoms with Crippen molar-refractivity contribution in [1.82, 2.24) is 9.78 Å². The van der Waals surface area contributed by atoms with Gasteiger partial charge in [0.25, 0.3) is 0 Å². The fourth-order valence-electron chi connectivity index (χ4n) is 1.56. The molecule has 0 aliphatic rings. The van der Waals surface area contributed by atoms with Gasteiger partial charge >= 0.3 is 0 Å². The number of methoxy groups -OCH3 is 1. The van der Waals surface area contributed by atoms with Crippen LogP contribution in [-0.4, -0.2) is 16.9 Å². The first-order valence-corrected chi connectivity index (χ1v) is 4.72. The lowest BCUT2D eigenvalue weighted by atomic mass is 10.1. The highest BCUT2D eigenvalue weighted by molar-refractivity contribution is 5.52. The molecule has 2 aromatic rings. The summed E-state index contributed by atoms with van der Waals surface area (Å²) in [6.07, 6.45) is 3.60. The maximum absolute atomic E-state index is 5.68. The molecule has 0 saturated carbocycles. The number of hydrogen-bond acceptors (Lipinski definition) is 3. The van der Waals surface area contributed by atoms with Gasteiger partial charge in [-0.1, -0.05) is 12.1 Å². The summed E-state index contributed by atoms with van der Waals surface area (Å²) in [6.45, 7) is 0.465. The van der Waals surface area contributed by atoms with Crippen molar-refractivity contribution in [2.45, 2.75) is 6.54 Å². The fourth-order valence-corrected chi connectivity index (χ4v) is 1.56. The lowest BCUT2D eigenvalue weighted by molar-refractivity contribution is 0.411. The van der Waals surface area contributed by atoms with Gasteiger partial charge in [-0.3, -0.25) is 0 Å². The molecule has 0 fully saturated rings. The Morgan fingerprint density at radius 1 is 1.40 bits per heavy atom. The first kappa shape index (κ1) is 9.73. The molecule has 0 aliphatic heterocycles. The van der Waals surface area contributed by atoms with Crippen molar-refractivity contribution in [3.05, 3.63) is 42.2 Å². The molecule has 15 heavy (non-hydrogen) atoms. The van der Waals surface area contributed by atoms with Gasteiger partial charge in [-0.2, -0.15) is 5.10 Å². The van der Waals surface area contributed by atoms with E-state index >= 15 is 0 Å². The predicted octanol–water partition coefficient (Wildman–Crippen LogP) is 1.34. The highest BCUT2D eigenvalue weighted by Crippen LogP contribution is 2.25. The van der Waals surface area contributed by atoms with E-state index in [9.17, 15) is 0 Å². The average molecular weight is 203 g/mol. The third-order valence-electron chi connectivity index (χ3n) is 2.26. The lowest BCUT2D eigenvalue weighted by Crippen LogP contribution is -2.06. The molecule has 1 aromatic carbocycles. The van der Waals surface area contributed by atoms with E-state index < -0.39 is 0 Å². The minimum absolute atomic E-state index is 0.465. The number of nitrogens with zero attached hydrogens (tertiary/aromatic N) is 2. The van der Waals surface area contributed by atoms with E-state index in [2.05, 4.69) is 5.10 Å². The van der Waals surface area contributed by atoms with Crippen LogP contribution in [0.4, 0.5) is 0 Å². The largest absolute Gasteiger partial charge is 0.494 e. The SMILES string of the molecule is COc1cccc(CN)c1-n1cccn1. The van der Waals surface area contributed by atoms with Crippen LogP contribution in [0, 0.1) is 0 Å². The van der Waals surface area contributed by atoms with Crippen molar-refractivity contribution in [2.75, 3.05) is 7.11 Å². The van der Waals surface area contributed by atoms with E-state index in [-0.39, 0.29) is 0 Å². The Balaban J connectivity index is 2.61. The highest BCUT2D eigenvalue weighted by Gasteiger charge is 2.09. The average Bonchev–Trinajstić information content (AvgIpc) is 2.81. The van der Waals surface area contributed by atoms with E-state index in [1.165, 1.54) is 0 Å². The molecule has 78 valence electrons. The van der Waals surface area contributed by atoms with Crippen molar-refractivity contribution in [3.63, 3.8) is 0 Å². The maximum Gasteiger partial charge on any atom is 0.144 e. The van der Waals surface area contributed by atoms with Gasteiger partial charge in [-0.25, -0.2) is 4.68 Å². The molecule has 2 rings (SSSR count). The van der Waals surface area contributed by atoms with Crippen LogP contribution in [0.3, 0.4) is 0 Å². The van der Waals surface area contributed by atoms with Gasteiger partial charge in [0.05, 0.1) is 7.11 Å². The van der Waals surface area contributed by atoms with Gasteiger partial charge in [0.15, 0.2) is 0 Å². The second kappa shape index (κ2) is 4.14. The predicted molar refractivity (Wildman–Crippen MR) is 58.0 cm³/mol. The Morgan fingerprint density at radius 2 is 2.27 bits per heavy atom. The number of para-hydroxylation sites is 1. The zero-order valence-electron chi connectivity index (χ0n) is 8.55. The minimum atomic E-state index is 0.465. The summed E-state index contributed by atoms with van der Waals surface area (Å²) in [7, 11) is 1.64. The van der Waals surface area contributed by atoms with Gasteiger partial charge in [0, 0.05) is 18.9 Å². The second-order valence-electron chi connectivity index (χ2n) is 3.12. The van der Waals surface area contributed by atoms with Crippen LogP contribution < -0.4 is 10.5 Å². The van der Waals surface area contributed by atoms with Crippen LogP contribution >= 0.6 is 0 Å². The molecule has 0 aliphatic carbocycles. The molecular weight excluding hydrogens is 190 g/mol. The number of hydrogen-bond donors (Lipinski definition) is 1. The summed E-state index contributed by atoms with van der Waals surface area (Å²) in [4.78, 5) is 0. The van der Waals surface area contributed by atoms with Gasteiger partial charge < -0.3 is 10.5 Å². The van der Waals surface area contributed by atoms with E-state index in [4.69, 9.17) is 10.5 Å². The van der Waals surface area contributed by atoms with Gasteiger partial charge in [0.1, 0.15) is 11.4 Å². The van der Waals surface area contributed by atoms with Gasteiger partial charge in [-0.15, -0.1) is 0 Å². The third-order valence-corrected chi connectivity index (χ3v) is 2.26. The monoisotopic (exact) mass is 203 g/mol.